The number of benzene rings is 2. The third kappa shape index (κ3) is 2.71. The molecule has 0 atom stereocenters. The average molecular weight is 248 g/mol. The maximum absolute atomic E-state index is 13.5. The first kappa shape index (κ1) is 11.8. The average Bonchev–Trinajstić information content (AvgIpc) is 2.35. The highest BCUT2D eigenvalue weighted by molar-refractivity contribution is 7.98. The van der Waals surface area contributed by atoms with Gasteiger partial charge in [-0.05, 0) is 42.7 Å². The number of rotatable bonds is 3. The first-order chi connectivity index (χ1) is 8.20. The maximum Gasteiger partial charge on any atom is 0.148 e. The fourth-order valence-electron chi connectivity index (χ4n) is 1.49. The molecule has 0 saturated heterocycles. The predicted molar refractivity (Wildman–Crippen MR) is 72.3 cm³/mol. The maximum atomic E-state index is 13.5. The second-order valence-electron chi connectivity index (χ2n) is 3.56. The van der Waals surface area contributed by atoms with Crippen molar-refractivity contribution in [2.45, 2.75) is 4.90 Å². The zero-order valence-electron chi connectivity index (χ0n) is 9.41. The van der Waals surface area contributed by atoms with Crippen LogP contribution in [0.2, 0.25) is 0 Å². The van der Waals surface area contributed by atoms with Gasteiger partial charge in [0, 0.05) is 10.6 Å². The standard InChI is InChI=1S/C13H13FN2S/c1-17-10-7-5-9(6-8-10)16-13-11(14)3-2-4-12(13)15/h2-8,16H,15H2,1H3. The zero-order chi connectivity index (χ0) is 12.3. The second kappa shape index (κ2) is 5.10. The van der Waals surface area contributed by atoms with E-state index in [1.807, 2.05) is 30.5 Å². The van der Waals surface area contributed by atoms with Crippen LogP contribution in [0.4, 0.5) is 21.5 Å². The Balaban J connectivity index is 2.25. The summed E-state index contributed by atoms with van der Waals surface area (Å²) in [6, 6.07) is 12.4. The molecule has 88 valence electrons. The Morgan fingerprint density at radius 3 is 2.41 bits per heavy atom. The van der Waals surface area contributed by atoms with Crippen molar-refractivity contribution < 1.29 is 4.39 Å². The Kier molecular flexibility index (Phi) is 3.54. The zero-order valence-corrected chi connectivity index (χ0v) is 10.2. The van der Waals surface area contributed by atoms with Crippen LogP contribution in [0.1, 0.15) is 0 Å². The van der Waals surface area contributed by atoms with Crippen molar-refractivity contribution in [1.82, 2.24) is 0 Å². The van der Waals surface area contributed by atoms with Crippen LogP contribution >= 0.6 is 11.8 Å². The SMILES string of the molecule is CSc1ccc(Nc2c(N)cccc2F)cc1. The second-order valence-corrected chi connectivity index (χ2v) is 4.44. The molecular formula is C13H13FN2S. The monoisotopic (exact) mass is 248 g/mol. The van der Waals surface area contributed by atoms with E-state index < -0.39 is 0 Å². The third-order valence-electron chi connectivity index (χ3n) is 2.41. The molecule has 0 fully saturated rings. The molecule has 2 rings (SSSR count). The Morgan fingerprint density at radius 2 is 1.82 bits per heavy atom. The van der Waals surface area contributed by atoms with Gasteiger partial charge in [-0.3, -0.25) is 0 Å². The summed E-state index contributed by atoms with van der Waals surface area (Å²) in [7, 11) is 0. The molecule has 3 N–H and O–H groups in total. The van der Waals surface area contributed by atoms with Crippen LogP contribution in [0.5, 0.6) is 0 Å². The molecule has 4 heteroatoms. The summed E-state index contributed by atoms with van der Waals surface area (Å²) >= 11 is 1.66. The van der Waals surface area contributed by atoms with Gasteiger partial charge in [-0.1, -0.05) is 6.07 Å². The minimum absolute atomic E-state index is 0.324. The van der Waals surface area contributed by atoms with E-state index in [0.717, 1.165) is 10.6 Å². The van der Waals surface area contributed by atoms with E-state index in [1.54, 1.807) is 23.9 Å². The van der Waals surface area contributed by atoms with Crippen molar-refractivity contribution in [2.24, 2.45) is 0 Å². The number of nitrogens with two attached hydrogens (primary N) is 1. The Hall–Kier alpha value is -1.68. The van der Waals surface area contributed by atoms with Crippen molar-refractivity contribution in [1.29, 1.82) is 0 Å². The van der Waals surface area contributed by atoms with Gasteiger partial charge in [0.1, 0.15) is 5.82 Å². The summed E-state index contributed by atoms with van der Waals surface area (Å²) in [5.74, 6) is -0.348. The Labute approximate surface area is 104 Å². The lowest BCUT2D eigenvalue weighted by molar-refractivity contribution is 0.632. The summed E-state index contributed by atoms with van der Waals surface area (Å²) < 4.78 is 13.5. The fourth-order valence-corrected chi connectivity index (χ4v) is 1.90. The van der Waals surface area contributed by atoms with Crippen LogP contribution in [0, 0.1) is 5.82 Å². The van der Waals surface area contributed by atoms with Gasteiger partial charge in [-0.15, -0.1) is 11.8 Å². The molecule has 0 heterocycles. The van der Waals surface area contributed by atoms with Gasteiger partial charge in [0.25, 0.3) is 0 Å². The van der Waals surface area contributed by atoms with Crippen LogP contribution in [-0.4, -0.2) is 6.26 Å². The fraction of sp³-hybridized carbons (Fsp3) is 0.0769. The molecule has 0 saturated carbocycles. The van der Waals surface area contributed by atoms with Crippen LogP contribution in [0.25, 0.3) is 0 Å². The molecule has 0 bridgehead atoms. The molecule has 2 nitrogen and oxygen atoms in total. The topological polar surface area (TPSA) is 38.0 Å². The molecular weight excluding hydrogens is 235 g/mol. The number of nitrogens with one attached hydrogen (secondary N) is 1. The lowest BCUT2D eigenvalue weighted by Gasteiger charge is -2.10. The summed E-state index contributed by atoms with van der Waals surface area (Å²) in [4.78, 5) is 1.16. The van der Waals surface area contributed by atoms with Crippen molar-refractivity contribution in [3.63, 3.8) is 0 Å². The van der Waals surface area contributed by atoms with E-state index in [0.29, 0.717) is 11.4 Å². The minimum atomic E-state index is -0.348. The highest BCUT2D eigenvalue weighted by Gasteiger charge is 2.05. The molecule has 0 spiro atoms. The molecule has 0 aliphatic rings. The van der Waals surface area contributed by atoms with E-state index in [2.05, 4.69) is 5.32 Å². The first-order valence-electron chi connectivity index (χ1n) is 5.16. The predicted octanol–water partition coefficient (Wildman–Crippen LogP) is 3.87. The largest absolute Gasteiger partial charge is 0.397 e. The van der Waals surface area contributed by atoms with E-state index in [1.165, 1.54) is 6.07 Å². The van der Waals surface area contributed by atoms with Gasteiger partial charge in [-0.2, -0.15) is 0 Å². The van der Waals surface area contributed by atoms with Crippen molar-refractivity contribution in [3.8, 4) is 0 Å². The number of anilines is 3. The van der Waals surface area contributed by atoms with Crippen LogP contribution < -0.4 is 11.1 Å². The molecule has 0 unspecified atom stereocenters. The lowest BCUT2D eigenvalue weighted by atomic mass is 10.2. The van der Waals surface area contributed by atoms with Gasteiger partial charge in [0.15, 0.2) is 0 Å². The smallest absolute Gasteiger partial charge is 0.148 e. The molecule has 0 aliphatic carbocycles. The number of hydrogen-bond donors (Lipinski definition) is 2. The van der Waals surface area contributed by atoms with Crippen LogP contribution in [0.3, 0.4) is 0 Å². The van der Waals surface area contributed by atoms with Gasteiger partial charge in [0.2, 0.25) is 0 Å². The Morgan fingerprint density at radius 1 is 1.12 bits per heavy atom. The van der Waals surface area contributed by atoms with E-state index in [4.69, 9.17) is 5.73 Å². The molecule has 0 amide bonds. The van der Waals surface area contributed by atoms with Crippen molar-refractivity contribution in [3.05, 3.63) is 48.3 Å². The van der Waals surface area contributed by atoms with E-state index >= 15 is 0 Å². The highest BCUT2D eigenvalue weighted by Crippen LogP contribution is 2.27. The van der Waals surface area contributed by atoms with Crippen molar-refractivity contribution in [2.75, 3.05) is 17.3 Å². The van der Waals surface area contributed by atoms with Crippen molar-refractivity contribution >= 4 is 28.8 Å². The molecule has 2 aromatic carbocycles. The Bertz CT molecular complexity index is 491. The molecule has 0 radical (unpaired) electrons. The molecule has 0 aliphatic heterocycles. The number of hydrogen-bond acceptors (Lipinski definition) is 3. The van der Waals surface area contributed by atoms with E-state index in [-0.39, 0.29) is 5.82 Å². The molecule has 17 heavy (non-hydrogen) atoms. The molecule has 2 aromatic rings. The van der Waals surface area contributed by atoms with Crippen LogP contribution in [0.15, 0.2) is 47.4 Å². The lowest BCUT2D eigenvalue weighted by Crippen LogP contribution is -1.98. The van der Waals surface area contributed by atoms with E-state index in [9.17, 15) is 4.39 Å². The van der Waals surface area contributed by atoms with Gasteiger partial charge >= 0.3 is 0 Å². The summed E-state index contributed by atoms with van der Waals surface area (Å²) in [6.07, 6.45) is 2.01. The van der Waals surface area contributed by atoms with Gasteiger partial charge in [-0.25, -0.2) is 4.39 Å². The first-order valence-corrected chi connectivity index (χ1v) is 6.38. The summed E-state index contributed by atoms with van der Waals surface area (Å²) in [5.41, 5.74) is 7.26. The number of nitrogen functional groups attached to an aromatic ring is 1. The van der Waals surface area contributed by atoms with Crippen LogP contribution in [-0.2, 0) is 0 Å². The minimum Gasteiger partial charge on any atom is -0.397 e. The quantitative estimate of drug-likeness (QED) is 0.639. The number of thioether (sulfide) groups is 1. The normalized spacial score (nSPS) is 10.2. The van der Waals surface area contributed by atoms with Gasteiger partial charge in [0.05, 0.1) is 11.4 Å². The number of para-hydroxylation sites is 1. The number of halogens is 1. The highest BCUT2D eigenvalue weighted by atomic mass is 32.2. The summed E-state index contributed by atoms with van der Waals surface area (Å²) in [5, 5.41) is 2.98. The third-order valence-corrected chi connectivity index (χ3v) is 3.15. The summed E-state index contributed by atoms with van der Waals surface area (Å²) in [6.45, 7) is 0. The molecule has 0 aromatic heterocycles. The van der Waals surface area contributed by atoms with Gasteiger partial charge < -0.3 is 11.1 Å².